The van der Waals surface area contributed by atoms with Crippen molar-refractivity contribution in [2.24, 2.45) is 5.92 Å². The molecule has 2 aromatic carbocycles. The molecule has 1 saturated carbocycles. The third-order valence-corrected chi connectivity index (χ3v) is 5.59. The van der Waals surface area contributed by atoms with Crippen LogP contribution >= 0.6 is 12.4 Å². The monoisotopic (exact) mass is 409 g/mol. The van der Waals surface area contributed by atoms with E-state index in [1.807, 2.05) is 0 Å². The molecule has 1 N–H and O–H groups in total. The summed E-state index contributed by atoms with van der Waals surface area (Å²) in [6.07, 6.45) is 2.59. The molecule has 1 fully saturated rings. The highest BCUT2D eigenvalue weighted by atomic mass is 35.5. The van der Waals surface area contributed by atoms with E-state index in [0.717, 1.165) is 12.5 Å². The number of rotatable bonds is 9. The molecule has 0 aromatic heterocycles. The molecule has 0 heterocycles. The topological polar surface area (TPSA) is 21.3 Å². The molecule has 0 spiro atoms. The highest BCUT2D eigenvalue weighted by Crippen LogP contribution is 2.33. The van der Waals surface area contributed by atoms with Crippen LogP contribution in [0, 0.1) is 31.4 Å². The molecule has 1 aliphatic rings. The zero-order valence-electron chi connectivity index (χ0n) is 16.8. The number of nitrogens with one attached hydrogen (secondary N) is 1. The second-order valence-electron chi connectivity index (χ2n) is 7.75. The lowest BCUT2D eigenvalue weighted by Crippen LogP contribution is -2.33. The smallest absolute Gasteiger partial charge is 0.131 e. The van der Waals surface area contributed by atoms with Gasteiger partial charge in [0.15, 0.2) is 0 Å². The first kappa shape index (κ1) is 22.8. The highest BCUT2D eigenvalue weighted by molar-refractivity contribution is 5.85. The number of halogens is 3. The lowest BCUT2D eigenvalue weighted by molar-refractivity contribution is 0.101. The average molecular weight is 410 g/mol. The summed E-state index contributed by atoms with van der Waals surface area (Å²) < 4.78 is 33.5. The van der Waals surface area contributed by atoms with Gasteiger partial charge in [-0.05, 0) is 68.4 Å². The van der Waals surface area contributed by atoms with Crippen LogP contribution in [0.1, 0.15) is 47.9 Å². The van der Waals surface area contributed by atoms with Crippen LogP contribution in [0.3, 0.4) is 0 Å². The molecule has 0 radical (unpaired) electrons. The fourth-order valence-electron chi connectivity index (χ4n) is 3.78. The van der Waals surface area contributed by atoms with Crippen LogP contribution in [0.2, 0.25) is 0 Å². The third kappa shape index (κ3) is 5.76. The summed E-state index contributed by atoms with van der Waals surface area (Å²) in [5.41, 5.74) is 3.71. The van der Waals surface area contributed by atoms with Gasteiger partial charge < -0.3 is 10.1 Å². The van der Waals surface area contributed by atoms with Crippen LogP contribution in [0.5, 0.6) is 0 Å². The number of aryl methyl sites for hydroxylation is 2. The molecule has 5 heteroatoms. The van der Waals surface area contributed by atoms with Gasteiger partial charge >= 0.3 is 0 Å². The van der Waals surface area contributed by atoms with Crippen molar-refractivity contribution in [3.05, 3.63) is 70.3 Å². The molecular formula is C23H30ClF2NO. The van der Waals surface area contributed by atoms with Gasteiger partial charge in [-0.3, -0.25) is 0 Å². The van der Waals surface area contributed by atoms with Crippen molar-refractivity contribution >= 4 is 12.4 Å². The van der Waals surface area contributed by atoms with Crippen molar-refractivity contribution in [2.75, 3.05) is 13.2 Å². The Morgan fingerprint density at radius 2 is 1.61 bits per heavy atom. The van der Waals surface area contributed by atoms with Crippen molar-refractivity contribution in [1.82, 2.24) is 5.32 Å². The molecule has 2 aromatic rings. The van der Waals surface area contributed by atoms with E-state index >= 15 is 0 Å². The van der Waals surface area contributed by atoms with Gasteiger partial charge in [0.05, 0.1) is 13.2 Å². The van der Waals surface area contributed by atoms with E-state index in [1.54, 1.807) is 0 Å². The Morgan fingerprint density at radius 3 is 2.18 bits per heavy atom. The predicted molar refractivity (Wildman–Crippen MR) is 112 cm³/mol. The molecule has 3 rings (SSSR count). The Hall–Kier alpha value is -1.49. The van der Waals surface area contributed by atoms with Crippen LogP contribution in [-0.2, 0) is 11.3 Å². The summed E-state index contributed by atoms with van der Waals surface area (Å²) in [6, 6.07) is 10.7. The van der Waals surface area contributed by atoms with Crippen molar-refractivity contribution in [3.8, 4) is 0 Å². The lowest BCUT2D eigenvalue weighted by Gasteiger charge is -2.24. The maximum Gasteiger partial charge on any atom is 0.131 e. The number of hydrogen-bond acceptors (Lipinski definition) is 2. The van der Waals surface area contributed by atoms with Crippen molar-refractivity contribution < 1.29 is 13.5 Å². The zero-order chi connectivity index (χ0) is 19.4. The quantitative estimate of drug-likeness (QED) is 0.574. The number of benzene rings is 2. The van der Waals surface area contributed by atoms with Crippen LogP contribution in [0.15, 0.2) is 36.4 Å². The van der Waals surface area contributed by atoms with Crippen molar-refractivity contribution in [2.45, 2.75) is 52.2 Å². The molecule has 2 atom stereocenters. The molecule has 0 saturated heterocycles. The van der Waals surface area contributed by atoms with E-state index < -0.39 is 11.6 Å². The largest absolute Gasteiger partial charge is 0.376 e. The molecular weight excluding hydrogens is 380 g/mol. The summed E-state index contributed by atoms with van der Waals surface area (Å²) in [5, 5.41) is 3.64. The second kappa shape index (κ2) is 10.3. The molecule has 0 bridgehead atoms. The average Bonchev–Trinajstić information content (AvgIpc) is 3.46. The predicted octanol–water partition coefficient (Wildman–Crippen LogP) is 5.69. The number of hydrogen-bond donors (Lipinski definition) is 1. The molecule has 2 nitrogen and oxygen atoms in total. The SMILES string of the molecule is Cc1cccc(C)c1C(CNC(C)C1CC1)COCc1c(F)cccc1F.Cl. The first-order valence-corrected chi connectivity index (χ1v) is 9.77. The van der Waals surface area contributed by atoms with Crippen LogP contribution in [-0.4, -0.2) is 19.2 Å². The highest BCUT2D eigenvalue weighted by Gasteiger charge is 2.28. The third-order valence-electron chi connectivity index (χ3n) is 5.59. The van der Waals surface area contributed by atoms with Gasteiger partial charge in [-0.15, -0.1) is 12.4 Å². The van der Waals surface area contributed by atoms with E-state index in [2.05, 4.69) is 44.3 Å². The fraction of sp³-hybridized carbons (Fsp3) is 0.478. The summed E-state index contributed by atoms with van der Waals surface area (Å²) in [4.78, 5) is 0. The summed E-state index contributed by atoms with van der Waals surface area (Å²) in [6.45, 7) is 7.60. The minimum Gasteiger partial charge on any atom is -0.376 e. The van der Waals surface area contributed by atoms with E-state index in [1.165, 1.54) is 47.7 Å². The maximum atomic E-state index is 13.8. The van der Waals surface area contributed by atoms with E-state index in [0.29, 0.717) is 12.6 Å². The summed E-state index contributed by atoms with van der Waals surface area (Å²) >= 11 is 0. The Kier molecular flexibility index (Phi) is 8.41. The van der Waals surface area contributed by atoms with Gasteiger partial charge in [0.25, 0.3) is 0 Å². The Balaban J connectivity index is 0.00000280. The van der Waals surface area contributed by atoms with Gasteiger partial charge in [0.1, 0.15) is 11.6 Å². The van der Waals surface area contributed by atoms with Gasteiger partial charge in [-0.25, -0.2) is 8.78 Å². The van der Waals surface area contributed by atoms with Gasteiger partial charge in [0.2, 0.25) is 0 Å². The lowest BCUT2D eigenvalue weighted by atomic mass is 9.91. The Bertz CT molecular complexity index is 739. The molecule has 28 heavy (non-hydrogen) atoms. The Morgan fingerprint density at radius 1 is 1.04 bits per heavy atom. The van der Waals surface area contributed by atoms with E-state index in [4.69, 9.17) is 4.74 Å². The van der Waals surface area contributed by atoms with Gasteiger partial charge in [-0.1, -0.05) is 24.3 Å². The van der Waals surface area contributed by atoms with Gasteiger partial charge in [-0.2, -0.15) is 0 Å². The van der Waals surface area contributed by atoms with E-state index in [9.17, 15) is 8.78 Å². The van der Waals surface area contributed by atoms with Crippen LogP contribution in [0.25, 0.3) is 0 Å². The van der Waals surface area contributed by atoms with Gasteiger partial charge in [0, 0.05) is 24.1 Å². The van der Waals surface area contributed by atoms with Crippen molar-refractivity contribution in [1.29, 1.82) is 0 Å². The molecule has 0 aliphatic heterocycles. The second-order valence-corrected chi connectivity index (χ2v) is 7.75. The van der Waals surface area contributed by atoms with E-state index in [-0.39, 0.29) is 30.5 Å². The number of ether oxygens (including phenoxy) is 1. The summed E-state index contributed by atoms with van der Waals surface area (Å²) in [7, 11) is 0. The minimum atomic E-state index is -0.556. The molecule has 154 valence electrons. The first-order valence-electron chi connectivity index (χ1n) is 9.77. The molecule has 1 aliphatic carbocycles. The molecule has 0 amide bonds. The Labute approximate surface area is 173 Å². The normalized spacial score (nSPS) is 15.8. The van der Waals surface area contributed by atoms with Crippen molar-refractivity contribution in [3.63, 3.8) is 0 Å². The first-order chi connectivity index (χ1) is 13.0. The molecule has 2 unspecified atom stereocenters. The summed E-state index contributed by atoms with van der Waals surface area (Å²) in [5.74, 6) is -0.197. The standard InChI is InChI=1S/C23H29F2NO.ClH/c1-15-6-4-7-16(2)23(15)19(12-26-17(3)18-10-11-18)13-27-14-20-21(24)8-5-9-22(20)25;/h4-9,17-19,26H,10-14H2,1-3H3;1H. The zero-order valence-corrected chi connectivity index (χ0v) is 17.6. The maximum absolute atomic E-state index is 13.8. The van der Waals surface area contributed by atoms with Crippen LogP contribution in [0.4, 0.5) is 8.78 Å². The fourth-order valence-corrected chi connectivity index (χ4v) is 3.78. The minimum absolute atomic E-state index is 0. The van der Waals surface area contributed by atoms with Crippen LogP contribution < -0.4 is 5.32 Å².